The third-order valence-electron chi connectivity index (χ3n) is 9.76. The maximum Gasteiger partial charge on any atom is 0.165 e. The van der Waals surface area contributed by atoms with Gasteiger partial charge in [0.05, 0.1) is 0 Å². The van der Waals surface area contributed by atoms with Gasteiger partial charge in [-0.1, -0.05) is 115 Å². The van der Waals surface area contributed by atoms with E-state index in [1.165, 1.54) is 46.8 Å². The van der Waals surface area contributed by atoms with Gasteiger partial charge in [0.1, 0.15) is 11.2 Å². The first-order chi connectivity index (χ1) is 25.3. The van der Waals surface area contributed by atoms with E-state index in [0.29, 0.717) is 17.5 Å². The molecule has 0 radical (unpaired) electrons. The number of hydrogen-bond acceptors (Lipinski definition) is 6. The number of fused-ring (bicyclic) bond motifs is 9. The molecule has 0 bridgehead atoms. The molecule has 0 fully saturated rings. The molecule has 11 aromatic rings. The molecule has 0 amide bonds. The van der Waals surface area contributed by atoms with E-state index in [0.717, 1.165) is 43.3 Å². The summed E-state index contributed by atoms with van der Waals surface area (Å²) in [5.41, 5.74) is 6.99. The van der Waals surface area contributed by atoms with Crippen LogP contribution in [0.4, 0.5) is 0 Å². The summed E-state index contributed by atoms with van der Waals surface area (Å²) in [6.07, 6.45) is 0. The summed E-state index contributed by atoms with van der Waals surface area (Å²) in [7, 11) is 0. The molecule has 51 heavy (non-hydrogen) atoms. The van der Waals surface area contributed by atoms with Gasteiger partial charge in [-0.25, -0.2) is 15.0 Å². The third-order valence-corrected chi connectivity index (χ3v) is 12.2. The minimum absolute atomic E-state index is 0.618. The Kier molecular flexibility index (Phi) is 6.26. The van der Waals surface area contributed by atoms with Crippen LogP contribution in [0.3, 0.4) is 0 Å². The van der Waals surface area contributed by atoms with E-state index in [9.17, 15) is 0 Å². The summed E-state index contributed by atoms with van der Waals surface area (Å²) in [4.78, 5) is 15.4. The van der Waals surface area contributed by atoms with Gasteiger partial charge in [-0.2, -0.15) is 0 Å². The van der Waals surface area contributed by atoms with E-state index in [2.05, 4.69) is 103 Å². The molecule has 4 nitrogen and oxygen atoms in total. The highest BCUT2D eigenvalue weighted by Gasteiger charge is 2.20. The van der Waals surface area contributed by atoms with Crippen LogP contribution in [0.25, 0.3) is 108 Å². The second-order valence-corrected chi connectivity index (χ2v) is 14.8. The molecule has 0 unspecified atom stereocenters. The Balaban J connectivity index is 1.12. The van der Waals surface area contributed by atoms with Gasteiger partial charge in [0.15, 0.2) is 17.5 Å². The van der Waals surface area contributed by atoms with Gasteiger partial charge >= 0.3 is 0 Å². The van der Waals surface area contributed by atoms with Crippen molar-refractivity contribution in [2.75, 3.05) is 0 Å². The Bertz CT molecular complexity index is 3160. The number of para-hydroxylation sites is 1. The quantitative estimate of drug-likeness (QED) is 0.185. The lowest BCUT2D eigenvalue weighted by Gasteiger charge is -2.10. The lowest BCUT2D eigenvalue weighted by molar-refractivity contribution is 0.669. The first-order valence-electron chi connectivity index (χ1n) is 16.9. The topological polar surface area (TPSA) is 51.8 Å². The van der Waals surface area contributed by atoms with Gasteiger partial charge < -0.3 is 4.42 Å². The fraction of sp³-hybridized carbons (Fsp3) is 0. The first-order valence-corrected chi connectivity index (χ1v) is 18.5. The molecule has 4 aromatic heterocycles. The van der Waals surface area contributed by atoms with Crippen molar-refractivity contribution < 1.29 is 4.42 Å². The van der Waals surface area contributed by atoms with Crippen LogP contribution in [-0.2, 0) is 0 Å². The number of rotatable bonds is 4. The molecule has 0 saturated carbocycles. The molecule has 0 aliphatic rings. The maximum absolute atomic E-state index is 6.25. The Morgan fingerprint density at radius 2 is 0.961 bits per heavy atom. The van der Waals surface area contributed by atoms with Crippen molar-refractivity contribution in [1.29, 1.82) is 0 Å². The van der Waals surface area contributed by atoms with Gasteiger partial charge in [-0.15, -0.1) is 22.7 Å². The smallest absolute Gasteiger partial charge is 0.165 e. The Labute approximate surface area is 299 Å². The normalized spacial score (nSPS) is 11.9. The number of benzene rings is 7. The molecule has 0 saturated heterocycles. The zero-order chi connectivity index (χ0) is 33.5. The Morgan fingerprint density at radius 1 is 0.373 bits per heavy atom. The molecule has 4 heterocycles. The van der Waals surface area contributed by atoms with Crippen LogP contribution in [0.5, 0.6) is 0 Å². The highest BCUT2D eigenvalue weighted by Crippen LogP contribution is 2.44. The van der Waals surface area contributed by atoms with E-state index in [1.54, 1.807) is 11.3 Å². The van der Waals surface area contributed by atoms with Crippen LogP contribution in [0.1, 0.15) is 0 Å². The number of furan rings is 1. The SMILES string of the molecule is c1ccc(-c2nc(-c3cccc4c3sc3ccc(-c5cccc6c5sc5ccccc56)cc34)nc(-c3cccc4oc5ccccc5c34)n2)cc1. The maximum atomic E-state index is 6.25. The van der Waals surface area contributed by atoms with Crippen molar-refractivity contribution in [3.8, 4) is 45.3 Å². The van der Waals surface area contributed by atoms with Crippen molar-refractivity contribution in [2.45, 2.75) is 0 Å². The van der Waals surface area contributed by atoms with Crippen LogP contribution in [0, 0.1) is 0 Å². The van der Waals surface area contributed by atoms with E-state index in [1.807, 2.05) is 59.9 Å². The standard InChI is InChI=1S/C45H25N3OS2/c1-2-11-26(12-3-1)43-46-44(33-18-10-21-37-40(33)32-14-4-6-20-36(32)49-37)48-45(47-43)34-19-9-17-31-35-25-27(23-24-39(35)51-42(31)34)28-15-8-16-30-29-13-5-7-22-38(29)50-41(28)30/h1-25H. The molecule has 238 valence electrons. The molecule has 7 aromatic carbocycles. The largest absolute Gasteiger partial charge is 0.456 e. The van der Waals surface area contributed by atoms with Crippen LogP contribution in [0.2, 0.25) is 0 Å². The van der Waals surface area contributed by atoms with Crippen molar-refractivity contribution in [1.82, 2.24) is 15.0 Å². The molecule has 0 spiro atoms. The average Bonchev–Trinajstić information content (AvgIpc) is 3.89. The van der Waals surface area contributed by atoms with Crippen LogP contribution in [-0.4, -0.2) is 15.0 Å². The number of thiophene rings is 2. The number of nitrogens with zero attached hydrogens (tertiary/aromatic N) is 3. The average molecular weight is 688 g/mol. The monoisotopic (exact) mass is 687 g/mol. The van der Waals surface area contributed by atoms with Crippen molar-refractivity contribution in [3.63, 3.8) is 0 Å². The lowest BCUT2D eigenvalue weighted by Crippen LogP contribution is -2.00. The van der Waals surface area contributed by atoms with Crippen molar-refractivity contribution in [3.05, 3.63) is 152 Å². The molecule has 0 aliphatic carbocycles. The van der Waals surface area contributed by atoms with Crippen LogP contribution in [0.15, 0.2) is 156 Å². The highest BCUT2D eigenvalue weighted by atomic mass is 32.1. The second-order valence-electron chi connectivity index (χ2n) is 12.7. The lowest BCUT2D eigenvalue weighted by atomic mass is 10.00. The van der Waals surface area contributed by atoms with Gasteiger partial charge in [0.25, 0.3) is 0 Å². The summed E-state index contributed by atoms with van der Waals surface area (Å²) in [6.45, 7) is 0. The minimum atomic E-state index is 0.618. The molecule has 11 rings (SSSR count). The summed E-state index contributed by atoms with van der Waals surface area (Å²) in [5.74, 6) is 1.90. The molecular formula is C45H25N3OS2. The summed E-state index contributed by atoms with van der Waals surface area (Å²) < 4.78 is 11.3. The van der Waals surface area contributed by atoms with Gasteiger partial charge in [0.2, 0.25) is 0 Å². The Hall–Kier alpha value is -6.21. The summed E-state index contributed by atoms with van der Waals surface area (Å²) >= 11 is 3.66. The van der Waals surface area contributed by atoms with Crippen LogP contribution < -0.4 is 0 Å². The van der Waals surface area contributed by atoms with E-state index in [-0.39, 0.29) is 0 Å². The number of aromatic nitrogens is 3. The zero-order valence-electron chi connectivity index (χ0n) is 27.0. The van der Waals surface area contributed by atoms with Crippen molar-refractivity contribution >= 4 is 85.0 Å². The van der Waals surface area contributed by atoms with Gasteiger partial charge in [-0.3, -0.25) is 0 Å². The fourth-order valence-corrected chi connectivity index (χ4v) is 9.84. The van der Waals surface area contributed by atoms with E-state index < -0.39 is 0 Å². The fourth-order valence-electron chi connectivity index (χ4n) is 7.41. The predicted octanol–water partition coefficient (Wildman–Crippen LogP) is 13.2. The highest BCUT2D eigenvalue weighted by molar-refractivity contribution is 7.26. The van der Waals surface area contributed by atoms with E-state index >= 15 is 0 Å². The van der Waals surface area contributed by atoms with Gasteiger partial charge in [-0.05, 0) is 47.5 Å². The van der Waals surface area contributed by atoms with Crippen LogP contribution >= 0.6 is 22.7 Å². The predicted molar refractivity (Wildman–Crippen MR) is 215 cm³/mol. The minimum Gasteiger partial charge on any atom is -0.456 e. The first kappa shape index (κ1) is 28.6. The molecule has 0 atom stereocenters. The molecule has 6 heteroatoms. The molecule has 0 N–H and O–H groups in total. The van der Waals surface area contributed by atoms with Gasteiger partial charge in [0, 0.05) is 67.8 Å². The van der Waals surface area contributed by atoms with E-state index in [4.69, 9.17) is 19.4 Å². The molecule has 0 aliphatic heterocycles. The third kappa shape index (κ3) is 4.47. The summed E-state index contributed by atoms with van der Waals surface area (Å²) in [6, 6.07) is 53.1. The Morgan fingerprint density at radius 3 is 1.82 bits per heavy atom. The zero-order valence-corrected chi connectivity index (χ0v) is 28.6. The summed E-state index contributed by atoms with van der Waals surface area (Å²) in [5, 5.41) is 7.11. The van der Waals surface area contributed by atoms with Crippen molar-refractivity contribution in [2.24, 2.45) is 0 Å². The molecular weight excluding hydrogens is 663 g/mol. The second kappa shape index (κ2) is 11.2. The number of hydrogen-bond donors (Lipinski definition) is 0.